The van der Waals surface area contributed by atoms with E-state index in [1.54, 1.807) is 16.2 Å². The van der Waals surface area contributed by atoms with E-state index < -0.39 is 5.82 Å². The molecular weight excluding hydrogens is 279 g/mol. The van der Waals surface area contributed by atoms with Gasteiger partial charge in [0.25, 0.3) is 5.56 Å². The maximum absolute atomic E-state index is 13.1. The van der Waals surface area contributed by atoms with Crippen molar-refractivity contribution in [2.24, 2.45) is 0 Å². The molecule has 3 heterocycles. The molecule has 20 heavy (non-hydrogen) atoms. The molecule has 2 aromatic heterocycles. The Morgan fingerprint density at radius 2 is 2.20 bits per heavy atom. The molecule has 0 bridgehead atoms. The predicted octanol–water partition coefficient (Wildman–Crippen LogP) is 1.63. The monoisotopic (exact) mass is 292 g/mol. The summed E-state index contributed by atoms with van der Waals surface area (Å²) in [6, 6.07) is 4.26. The highest BCUT2D eigenvalue weighted by Gasteiger charge is 2.21. The number of carbonyl (C=O) groups is 1. The van der Waals surface area contributed by atoms with Gasteiger partial charge in [-0.25, -0.2) is 4.39 Å². The fourth-order valence-corrected chi connectivity index (χ4v) is 3.22. The van der Waals surface area contributed by atoms with Gasteiger partial charge in [-0.3, -0.25) is 9.59 Å². The number of carbonyl (C=O) groups excluding carboxylic acids is 1. The van der Waals surface area contributed by atoms with E-state index in [-0.39, 0.29) is 18.0 Å². The first kappa shape index (κ1) is 13.1. The van der Waals surface area contributed by atoms with Crippen LogP contribution in [0.3, 0.4) is 0 Å². The fourth-order valence-electron chi connectivity index (χ4n) is 2.33. The van der Waals surface area contributed by atoms with Crippen LogP contribution >= 0.6 is 11.3 Å². The number of hydrogen-bond acceptors (Lipinski definition) is 3. The molecule has 0 radical (unpaired) electrons. The largest absolute Gasteiger partial charge is 0.336 e. The summed E-state index contributed by atoms with van der Waals surface area (Å²) in [5.74, 6) is -0.675. The number of thiophene rings is 1. The second-order valence-electron chi connectivity index (χ2n) is 4.75. The first-order valence-electron chi connectivity index (χ1n) is 6.32. The lowest BCUT2D eigenvalue weighted by Gasteiger charge is -2.27. The highest BCUT2D eigenvalue weighted by Crippen LogP contribution is 2.24. The van der Waals surface area contributed by atoms with Gasteiger partial charge in [0.1, 0.15) is 12.4 Å². The van der Waals surface area contributed by atoms with Crippen molar-refractivity contribution in [2.45, 2.75) is 19.5 Å². The van der Waals surface area contributed by atoms with Crippen molar-refractivity contribution in [3.05, 3.63) is 56.4 Å². The maximum atomic E-state index is 13.1. The van der Waals surface area contributed by atoms with Crippen molar-refractivity contribution in [3.8, 4) is 0 Å². The first-order chi connectivity index (χ1) is 9.63. The Morgan fingerprint density at radius 1 is 1.35 bits per heavy atom. The average Bonchev–Trinajstić information content (AvgIpc) is 2.90. The van der Waals surface area contributed by atoms with Crippen LogP contribution in [0.1, 0.15) is 10.4 Å². The number of rotatable bonds is 2. The smallest absolute Gasteiger partial charge is 0.251 e. The number of halogens is 1. The third-order valence-corrected chi connectivity index (χ3v) is 4.44. The molecule has 1 amide bonds. The average molecular weight is 292 g/mol. The Bertz CT molecular complexity index is 707. The van der Waals surface area contributed by atoms with Gasteiger partial charge in [0.15, 0.2) is 0 Å². The standard InChI is InChI=1S/C14H13FN2O2S/c15-11-1-2-13(18)17(8-11)9-14(19)16-5-3-12-10(7-16)4-6-20-12/h1-2,4,6,8H,3,5,7,9H2. The number of nitrogens with zero attached hydrogens (tertiary/aromatic N) is 2. The Balaban J connectivity index is 1.74. The zero-order chi connectivity index (χ0) is 14.1. The molecule has 0 aromatic carbocycles. The zero-order valence-corrected chi connectivity index (χ0v) is 11.5. The maximum Gasteiger partial charge on any atom is 0.251 e. The van der Waals surface area contributed by atoms with E-state index >= 15 is 0 Å². The van der Waals surface area contributed by atoms with Gasteiger partial charge in [-0.1, -0.05) is 0 Å². The molecule has 4 nitrogen and oxygen atoms in total. The summed E-state index contributed by atoms with van der Waals surface area (Å²) in [7, 11) is 0. The first-order valence-corrected chi connectivity index (χ1v) is 7.20. The third kappa shape index (κ3) is 2.51. The molecule has 1 aliphatic rings. The Kier molecular flexibility index (Phi) is 3.40. The molecule has 6 heteroatoms. The molecule has 0 N–H and O–H groups in total. The van der Waals surface area contributed by atoms with E-state index in [0.717, 1.165) is 29.3 Å². The Labute approximate surface area is 119 Å². The van der Waals surface area contributed by atoms with Crippen LogP contribution in [0.25, 0.3) is 0 Å². The summed E-state index contributed by atoms with van der Waals surface area (Å²) in [5, 5.41) is 2.02. The van der Waals surface area contributed by atoms with Gasteiger partial charge < -0.3 is 9.47 Å². The van der Waals surface area contributed by atoms with Gasteiger partial charge in [-0.15, -0.1) is 11.3 Å². The van der Waals surface area contributed by atoms with Gasteiger partial charge in [0.05, 0.1) is 0 Å². The van der Waals surface area contributed by atoms with E-state index in [0.29, 0.717) is 13.1 Å². The molecule has 0 unspecified atom stereocenters. The Hall–Kier alpha value is -1.95. The van der Waals surface area contributed by atoms with Crippen LogP contribution in [0, 0.1) is 5.82 Å². The normalized spacial score (nSPS) is 14.2. The lowest BCUT2D eigenvalue weighted by molar-refractivity contribution is -0.132. The van der Waals surface area contributed by atoms with Gasteiger partial charge in [0.2, 0.25) is 5.91 Å². The fraction of sp³-hybridized carbons (Fsp3) is 0.286. The minimum atomic E-state index is -0.517. The lowest BCUT2D eigenvalue weighted by Crippen LogP contribution is -2.39. The van der Waals surface area contributed by atoms with Crippen molar-refractivity contribution >= 4 is 17.2 Å². The second-order valence-corrected chi connectivity index (χ2v) is 5.75. The van der Waals surface area contributed by atoms with Crippen LogP contribution < -0.4 is 5.56 Å². The molecule has 0 fully saturated rings. The van der Waals surface area contributed by atoms with Crippen LogP contribution in [0.15, 0.2) is 34.6 Å². The highest BCUT2D eigenvalue weighted by molar-refractivity contribution is 7.10. The van der Waals surface area contributed by atoms with Crippen molar-refractivity contribution in [1.82, 2.24) is 9.47 Å². The molecule has 0 aliphatic carbocycles. The summed E-state index contributed by atoms with van der Waals surface area (Å²) in [6.07, 6.45) is 1.91. The van der Waals surface area contributed by atoms with Gasteiger partial charge in [0, 0.05) is 30.2 Å². The summed E-state index contributed by atoms with van der Waals surface area (Å²) >= 11 is 1.70. The predicted molar refractivity (Wildman–Crippen MR) is 74.1 cm³/mol. The number of amides is 1. The molecule has 0 saturated heterocycles. The molecule has 104 valence electrons. The van der Waals surface area contributed by atoms with E-state index in [1.807, 2.05) is 11.4 Å². The van der Waals surface area contributed by atoms with Crippen molar-refractivity contribution in [2.75, 3.05) is 6.54 Å². The quantitative estimate of drug-likeness (QED) is 0.844. The minimum Gasteiger partial charge on any atom is -0.336 e. The molecule has 0 spiro atoms. The van der Waals surface area contributed by atoms with Crippen molar-refractivity contribution in [1.29, 1.82) is 0 Å². The van der Waals surface area contributed by atoms with Crippen molar-refractivity contribution in [3.63, 3.8) is 0 Å². The summed E-state index contributed by atoms with van der Waals surface area (Å²) in [6.45, 7) is 1.11. The van der Waals surface area contributed by atoms with E-state index in [9.17, 15) is 14.0 Å². The molecule has 0 atom stereocenters. The topological polar surface area (TPSA) is 42.3 Å². The number of fused-ring (bicyclic) bond motifs is 1. The highest BCUT2D eigenvalue weighted by atomic mass is 32.1. The van der Waals surface area contributed by atoms with Crippen LogP contribution in [0.2, 0.25) is 0 Å². The van der Waals surface area contributed by atoms with E-state index in [4.69, 9.17) is 0 Å². The summed E-state index contributed by atoms with van der Waals surface area (Å²) in [5.41, 5.74) is 0.800. The second kappa shape index (κ2) is 5.20. The van der Waals surface area contributed by atoms with E-state index in [2.05, 4.69) is 0 Å². The van der Waals surface area contributed by atoms with Gasteiger partial charge >= 0.3 is 0 Å². The lowest BCUT2D eigenvalue weighted by atomic mass is 10.1. The number of aromatic nitrogens is 1. The molecule has 2 aromatic rings. The van der Waals surface area contributed by atoms with Crippen LogP contribution in [-0.4, -0.2) is 21.9 Å². The number of pyridine rings is 1. The molecule has 1 aliphatic heterocycles. The molecule has 3 rings (SSSR count). The van der Waals surface area contributed by atoms with Crippen LogP contribution in [0.4, 0.5) is 4.39 Å². The third-order valence-electron chi connectivity index (χ3n) is 3.41. The minimum absolute atomic E-state index is 0.115. The molecular formula is C14H13FN2O2S. The SMILES string of the molecule is O=C(Cn1cc(F)ccc1=O)N1CCc2sccc2C1. The van der Waals surface area contributed by atoms with Crippen molar-refractivity contribution < 1.29 is 9.18 Å². The Morgan fingerprint density at radius 3 is 3.05 bits per heavy atom. The number of hydrogen-bond donors (Lipinski definition) is 0. The van der Waals surface area contributed by atoms with Gasteiger partial charge in [-0.2, -0.15) is 0 Å². The van der Waals surface area contributed by atoms with Gasteiger partial charge in [-0.05, 0) is 29.5 Å². The molecule has 0 saturated carbocycles. The summed E-state index contributed by atoms with van der Waals surface area (Å²) in [4.78, 5) is 26.8. The van der Waals surface area contributed by atoms with Crippen LogP contribution in [0.5, 0.6) is 0 Å². The van der Waals surface area contributed by atoms with E-state index in [1.165, 1.54) is 10.4 Å². The summed E-state index contributed by atoms with van der Waals surface area (Å²) < 4.78 is 14.2. The zero-order valence-electron chi connectivity index (χ0n) is 10.7. The van der Waals surface area contributed by atoms with Crippen LogP contribution in [-0.2, 0) is 24.3 Å².